The van der Waals surface area contributed by atoms with Gasteiger partial charge >= 0.3 is 12.0 Å². The van der Waals surface area contributed by atoms with Crippen LogP contribution in [0.15, 0.2) is 0 Å². The Hall–Kier alpha value is -1.26. The SMILES string of the molecule is CC1(NC(=O)N2CCC(C)(C(=O)O)CC2)CCCC1. The second-order valence-electron chi connectivity index (χ2n) is 6.55. The molecule has 0 aromatic heterocycles. The molecule has 0 spiro atoms. The summed E-state index contributed by atoms with van der Waals surface area (Å²) >= 11 is 0. The minimum absolute atomic E-state index is 0.0307. The van der Waals surface area contributed by atoms with Gasteiger partial charge in [-0.25, -0.2) is 4.79 Å². The van der Waals surface area contributed by atoms with E-state index in [1.807, 2.05) is 0 Å². The van der Waals surface area contributed by atoms with Gasteiger partial charge in [0.15, 0.2) is 0 Å². The molecule has 5 nitrogen and oxygen atoms in total. The average molecular weight is 268 g/mol. The summed E-state index contributed by atoms with van der Waals surface area (Å²) in [5, 5.41) is 12.3. The van der Waals surface area contributed by atoms with Gasteiger partial charge in [0.05, 0.1) is 5.41 Å². The summed E-state index contributed by atoms with van der Waals surface area (Å²) in [5.41, 5.74) is -0.737. The summed E-state index contributed by atoms with van der Waals surface area (Å²) in [7, 11) is 0. The number of carbonyl (C=O) groups is 2. The minimum atomic E-state index is -0.754. The Bertz CT molecular complexity index is 367. The fraction of sp³-hybridized carbons (Fsp3) is 0.857. The van der Waals surface area contributed by atoms with E-state index in [2.05, 4.69) is 12.2 Å². The molecule has 2 amide bonds. The van der Waals surface area contributed by atoms with Crippen molar-refractivity contribution in [2.75, 3.05) is 13.1 Å². The highest BCUT2D eigenvalue weighted by molar-refractivity contribution is 5.77. The molecule has 108 valence electrons. The molecule has 1 aliphatic carbocycles. The smallest absolute Gasteiger partial charge is 0.317 e. The molecule has 1 saturated carbocycles. The molecule has 1 aliphatic heterocycles. The first-order valence-corrected chi connectivity index (χ1v) is 7.15. The van der Waals surface area contributed by atoms with E-state index in [1.165, 1.54) is 12.8 Å². The van der Waals surface area contributed by atoms with Gasteiger partial charge < -0.3 is 15.3 Å². The number of amides is 2. The van der Waals surface area contributed by atoms with Crippen LogP contribution in [-0.2, 0) is 4.79 Å². The van der Waals surface area contributed by atoms with Crippen molar-refractivity contribution < 1.29 is 14.7 Å². The molecule has 2 N–H and O–H groups in total. The Balaban J connectivity index is 1.87. The molecule has 2 rings (SSSR count). The van der Waals surface area contributed by atoms with Gasteiger partial charge in [-0.15, -0.1) is 0 Å². The third-order valence-electron chi connectivity index (χ3n) is 4.79. The number of nitrogens with zero attached hydrogens (tertiary/aromatic N) is 1. The third-order valence-corrected chi connectivity index (χ3v) is 4.79. The molecule has 1 heterocycles. The summed E-state index contributed by atoms with van der Waals surface area (Å²) in [6, 6.07) is -0.0307. The first-order valence-electron chi connectivity index (χ1n) is 7.15. The van der Waals surface area contributed by atoms with Crippen LogP contribution in [-0.4, -0.2) is 40.6 Å². The number of rotatable bonds is 2. The Morgan fingerprint density at radius 2 is 1.58 bits per heavy atom. The second-order valence-corrected chi connectivity index (χ2v) is 6.55. The molecule has 19 heavy (non-hydrogen) atoms. The van der Waals surface area contributed by atoms with Crippen LogP contribution in [0.4, 0.5) is 4.79 Å². The Morgan fingerprint density at radius 1 is 1.05 bits per heavy atom. The molecule has 5 heteroatoms. The number of carboxylic acid groups (broad SMARTS) is 1. The van der Waals surface area contributed by atoms with Crippen LogP contribution in [0.1, 0.15) is 52.4 Å². The maximum absolute atomic E-state index is 12.2. The predicted octanol–water partition coefficient (Wildman–Crippen LogP) is 2.22. The lowest BCUT2D eigenvalue weighted by Crippen LogP contribution is -2.53. The van der Waals surface area contributed by atoms with Crippen molar-refractivity contribution in [2.24, 2.45) is 5.41 Å². The van der Waals surface area contributed by atoms with E-state index in [-0.39, 0.29) is 11.6 Å². The molecule has 0 radical (unpaired) electrons. The number of carbonyl (C=O) groups excluding carboxylic acids is 1. The van der Waals surface area contributed by atoms with Crippen LogP contribution < -0.4 is 5.32 Å². The summed E-state index contributed by atoms with van der Waals surface area (Å²) in [4.78, 5) is 25.1. The van der Waals surface area contributed by atoms with Gasteiger partial charge in [-0.2, -0.15) is 0 Å². The average Bonchev–Trinajstić information content (AvgIpc) is 2.76. The third kappa shape index (κ3) is 3.01. The van der Waals surface area contributed by atoms with Crippen molar-refractivity contribution in [3.05, 3.63) is 0 Å². The van der Waals surface area contributed by atoms with E-state index < -0.39 is 11.4 Å². The molecule has 0 aromatic carbocycles. The van der Waals surface area contributed by atoms with E-state index in [4.69, 9.17) is 0 Å². The van der Waals surface area contributed by atoms with Crippen molar-refractivity contribution in [1.82, 2.24) is 10.2 Å². The van der Waals surface area contributed by atoms with Gasteiger partial charge in [-0.05, 0) is 39.5 Å². The zero-order valence-corrected chi connectivity index (χ0v) is 11.9. The monoisotopic (exact) mass is 268 g/mol. The molecular formula is C14H24N2O3. The van der Waals surface area contributed by atoms with Crippen molar-refractivity contribution in [1.29, 1.82) is 0 Å². The van der Waals surface area contributed by atoms with Crippen molar-refractivity contribution in [2.45, 2.75) is 57.9 Å². The van der Waals surface area contributed by atoms with E-state index in [0.29, 0.717) is 25.9 Å². The molecular weight excluding hydrogens is 244 g/mol. The number of urea groups is 1. The fourth-order valence-electron chi connectivity index (χ4n) is 3.03. The molecule has 2 fully saturated rings. The lowest BCUT2D eigenvalue weighted by molar-refractivity contribution is -0.150. The zero-order valence-electron chi connectivity index (χ0n) is 11.9. The summed E-state index contributed by atoms with van der Waals surface area (Å²) in [5.74, 6) is -0.754. The maximum Gasteiger partial charge on any atom is 0.317 e. The topological polar surface area (TPSA) is 69.6 Å². The van der Waals surface area contributed by atoms with Gasteiger partial charge in [0.25, 0.3) is 0 Å². The van der Waals surface area contributed by atoms with Gasteiger partial charge in [0, 0.05) is 18.6 Å². The van der Waals surface area contributed by atoms with Crippen LogP contribution in [0.5, 0.6) is 0 Å². The van der Waals surface area contributed by atoms with Crippen LogP contribution in [0, 0.1) is 5.41 Å². The van der Waals surface area contributed by atoms with E-state index in [9.17, 15) is 14.7 Å². The van der Waals surface area contributed by atoms with Crippen LogP contribution in [0.25, 0.3) is 0 Å². The number of aliphatic carboxylic acids is 1. The first-order chi connectivity index (χ1) is 8.85. The van der Waals surface area contributed by atoms with E-state index >= 15 is 0 Å². The maximum atomic E-state index is 12.2. The summed E-state index contributed by atoms with van der Waals surface area (Å²) < 4.78 is 0. The highest BCUT2D eigenvalue weighted by Gasteiger charge is 2.39. The van der Waals surface area contributed by atoms with E-state index in [1.54, 1.807) is 11.8 Å². The van der Waals surface area contributed by atoms with Gasteiger partial charge in [-0.1, -0.05) is 12.8 Å². The number of hydrogen-bond acceptors (Lipinski definition) is 2. The predicted molar refractivity (Wildman–Crippen MR) is 72.0 cm³/mol. The number of carboxylic acids is 1. The number of piperidine rings is 1. The zero-order chi connectivity index (χ0) is 14.1. The lowest BCUT2D eigenvalue weighted by Gasteiger charge is -2.38. The molecule has 0 atom stereocenters. The largest absolute Gasteiger partial charge is 0.481 e. The lowest BCUT2D eigenvalue weighted by atomic mass is 9.80. The Labute approximate surface area is 114 Å². The van der Waals surface area contributed by atoms with Gasteiger partial charge in [-0.3, -0.25) is 4.79 Å². The number of hydrogen-bond donors (Lipinski definition) is 2. The molecule has 2 aliphatic rings. The number of likely N-dealkylation sites (tertiary alicyclic amines) is 1. The quantitative estimate of drug-likeness (QED) is 0.806. The fourth-order valence-corrected chi connectivity index (χ4v) is 3.03. The van der Waals surface area contributed by atoms with Crippen LogP contribution in [0.3, 0.4) is 0 Å². The second kappa shape index (κ2) is 5.02. The Morgan fingerprint density at radius 3 is 2.05 bits per heavy atom. The minimum Gasteiger partial charge on any atom is -0.481 e. The molecule has 0 bridgehead atoms. The van der Waals surface area contributed by atoms with Crippen molar-refractivity contribution in [3.8, 4) is 0 Å². The Kier molecular flexibility index (Phi) is 3.74. The van der Waals surface area contributed by atoms with Gasteiger partial charge in [0.2, 0.25) is 0 Å². The highest BCUT2D eigenvalue weighted by atomic mass is 16.4. The highest BCUT2D eigenvalue weighted by Crippen LogP contribution is 2.32. The number of nitrogens with one attached hydrogen (secondary N) is 1. The molecule has 0 unspecified atom stereocenters. The van der Waals surface area contributed by atoms with Crippen LogP contribution in [0.2, 0.25) is 0 Å². The summed E-state index contributed by atoms with van der Waals surface area (Å²) in [6.45, 7) is 4.93. The molecule has 0 aromatic rings. The standard InChI is InChI=1S/C14H24N2O3/c1-13(11(17)18)7-9-16(10-8-13)12(19)15-14(2)5-3-4-6-14/h3-10H2,1-2H3,(H,15,19)(H,17,18). The normalized spacial score (nSPS) is 25.1. The van der Waals surface area contributed by atoms with Crippen LogP contribution >= 0.6 is 0 Å². The molecule has 1 saturated heterocycles. The van der Waals surface area contributed by atoms with Gasteiger partial charge in [0.1, 0.15) is 0 Å². The van der Waals surface area contributed by atoms with Crippen molar-refractivity contribution >= 4 is 12.0 Å². The van der Waals surface area contributed by atoms with Crippen molar-refractivity contribution in [3.63, 3.8) is 0 Å². The van der Waals surface area contributed by atoms with E-state index in [0.717, 1.165) is 12.8 Å². The first kappa shape index (κ1) is 14.2. The summed E-state index contributed by atoms with van der Waals surface area (Å²) in [6.07, 6.45) is 5.50.